The van der Waals surface area contributed by atoms with Crippen LogP contribution in [0.5, 0.6) is 5.75 Å². The molecule has 2 aromatic carbocycles. The number of nitrogens with zero attached hydrogens (tertiary/aromatic N) is 2. The third-order valence-corrected chi connectivity index (χ3v) is 8.98. The number of H-pyrrole nitrogens is 1. The lowest BCUT2D eigenvalue weighted by Gasteiger charge is -2.39. The highest BCUT2D eigenvalue weighted by Crippen LogP contribution is 2.36. The maximum absolute atomic E-state index is 13.3. The molecule has 2 heterocycles. The Morgan fingerprint density at radius 2 is 1.72 bits per heavy atom. The minimum Gasteiger partial charge on any atom is -0.490 e. The Balaban J connectivity index is 1.14. The highest BCUT2D eigenvalue weighted by Gasteiger charge is 2.36. The molecule has 1 aromatic heterocycles. The molecule has 0 unspecified atom stereocenters. The van der Waals surface area contributed by atoms with E-state index >= 15 is 0 Å². The van der Waals surface area contributed by atoms with Gasteiger partial charge in [0.15, 0.2) is 0 Å². The average Bonchev–Trinajstić information content (AvgIpc) is 3.64. The number of nitrogens with one attached hydrogen (secondary N) is 2. The van der Waals surface area contributed by atoms with Crippen molar-refractivity contribution in [3.63, 3.8) is 0 Å². The number of carbonyl (C=O) groups is 1. The molecule has 208 valence electrons. The first-order chi connectivity index (χ1) is 19.1. The van der Waals surface area contributed by atoms with Crippen molar-refractivity contribution in [3.8, 4) is 17.0 Å². The number of rotatable bonds is 8. The second kappa shape index (κ2) is 11.7. The van der Waals surface area contributed by atoms with Crippen molar-refractivity contribution >= 4 is 16.8 Å². The van der Waals surface area contributed by atoms with Crippen LogP contribution in [0.15, 0.2) is 42.5 Å². The minimum absolute atomic E-state index is 0.0501. The first-order valence-electron chi connectivity index (χ1n) is 15.0. The molecule has 0 radical (unpaired) electrons. The van der Waals surface area contributed by atoms with Gasteiger partial charge in [-0.2, -0.15) is 5.10 Å². The van der Waals surface area contributed by atoms with E-state index in [-0.39, 0.29) is 17.6 Å². The normalized spacial score (nSPS) is 20.8. The first-order valence-corrected chi connectivity index (χ1v) is 15.0. The number of carbonyl (C=O) groups excluding carboxylic acids is 1. The van der Waals surface area contributed by atoms with Crippen molar-refractivity contribution in [3.05, 3.63) is 48.0 Å². The van der Waals surface area contributed by atoms with E-state index in [1.165, 1.54) is 32.1 Å². The molecular weight excluding hydrogens is 488 g/mol. The zero-order chi connectivity index (χ0) is 26.7. The molecule has 0 bridgehead atoms. The van der Waals surface area contributed by atoms with Gasteiger partial charge in [-0.25, -0.2) is 0 Å². The molecule has 39 heavy (non-hydrogen) atoms. The highest BCUT2D eigenvalue weighted by molar-refractivity contribution is 6.01. The quantitative estimate of drug-likeness (QED) is 0.368. The van der Waals surface area contributed by atoms with E-state index in [9.17, 15) is 4.79 Å². The standard InChI is InChI=1S/C32H42N4O3/c1-36-19-15-26(16-20-36)38-25-12-9-23(10-13-25)30-28-21-24(11-14-29(28)34-35-30)31(37)33-22-32(17-5-2-6-18-32)39-27-7-3-4-8-27/h9-14,21,26-27H,2-8,15-20,22H2,1H3,(H,33,37)(H,34,35). The van der Waals surface area contributed by atoms with E-state index < -0.39 is 0 Å². The highest BCUT2D eigenvalue weighted by atomic mass is 16.5. The van der Waals surface area contributed by atoms with Gasteiger partial charge in [0, 0.05) is 36.1 Å². The summed E-state index contributed by atoms with van der Waals surface area (Å²) in [5.41, 5.74) is 3.20. The van der Waals surface area contributed by atoms with Gasteiger partial charge in [-0.3, -0.25) is 9.89 Å². The fourth-order valence-corrected chi connectivity index (χ4v) is 6.60. The van der Waals surface area contributed by atoms with E-state index in [0.29, 0.717) is 18.2 Å². The summed E-state index contributed by atoms with van der Waals surface area (Å²) in [5, 5.41) is 11.9. The molecule has 7 heteroatoms. The molecule has 2 aliphatic carbocycles. The maximum Gasteiger partial charge on any atom is 0.251 e. The van der Waals surface area contributed by atoms with Crippen LogP contribution in [-0.4, -0.2) is 65.5 Å². The summed E-state index contributed by atoms with van der Waals surface area (Å²) in [4.78, 5) is 15.7. The third kappa shape index (κ3) is 6.15. The smallest absolute Gasteiger partial charge is 0.251 e. The predicted molar refractivity (Wildman–Crippen MR) is 154 cm³/mol. The van der Waals surface area contributed by atoms with Crippen LogP contribution in [0.3, 0.4) is 0 Å². The van der Waals surface area contributed by atoms with Crippen molar-refractivity contribution in [2.24, 2.45) is 0 Å². The number of aromatic amines is 1. The Labute approximate surface area is 231 Å². The predicted octanol–water partition coefficient (Wildman–Crippen LogP) is 6.09. The van der Waals surface area contributed by atoms with E-state index in [0.717, 1.165) is 79.5 Å². The summed E-state index contributed by atoms with van der Waals surface area (Å²) < 4.78 is 12.9. The number of hydrogen-bond acceptors (Lipinski definition) is 5. The number of benzene rings is 2. The van der Waals surface area contributed by atoms with Crippen molar-refractivity contribution in [1.29, 1.82) is 0 Å². The molecule has 3 fully saturated rings. The molecule has 3 aromatic rings. The van der Waals surface area contributed by atoms with Crippen LogP contribution in [0, 0.1) is 0 Å². The van der Waals surface area contributed by atoms with Crippen LogP contribution in [0.2, 0.25) is 0 Å². The summed E-state index contributed by atoms with van der Waals surface area (Å²) in [6.07, 6.45) is 13.2. The van der Waals surface area contributed by atoms with Gasteiger partial charge in [-0.1, -0.05) is 32.1 Å². The molecule has 2 N–H and O–H groups in total. The molecule has 1 saturated heterocycles. The van der Waals surface area contributed by atoms with Crippen LogP contribution >= 0.6 is 0 Å². The number of piperidine rings is 1. The van der Waals surface area contributed by atoms with Gasteiger partial charge in [0.2, 0.25) is 0 Å². The molecule has 3 aliphatic rings. The van der Waals surface area contributed by atoms with Gasteiger partial charge in [0.1, 0.15) is 11.9 Å². The van der Waals surface area contributed by atoms with E-state index in [1.54, 1.807) is 0 Å². The SMILES string of the molecule is CN1CCC(Oc2ccc(-c3n[nH]c4ccc(C(=O)NCC5(OC6CCCC6)CCCCC5)cc34)cc2)CC1. The van der Waals surface area contributed by atoms with Crippen LogP contribution in [-0.2, 0) is 4.74 Å². The zero-order valence-electron chi connectivity index (χ0n) is 23.2. The zero-order valence-corrected chi connectivity index (χ0v) is 23.2. The molecule has 1 aliphatic heterocycles. The molecule has 0 spiro atoms. The number of aromatic nitrogens is 2. The number of hydrogen-bond donors (Lipinski definition) is 2. The maximum atomic E-state index is 13.3. The summed E-state index contributed by atoms with van der Waals surface area (Å²) in [6.45, 7) is 2.73. The second-order valence-electron chi connectivity index (χ2n) is 11.9. The van der Waals surface area contributed by atoms with Crippen molar-refractivity contribution < 1.29 is 14.3 Å². The topological polar surface area (TPSA) is 79.5 Å². The van der Waals surface area contributed by atoms with Gasteiger partial charge in [0.25, 0.3) is 5.91 Å². The number of likely N-dealkylation sites (tertiary alicyclic amines) is 1. The third-order valence-electron chi connectivity index (χ3n) is 8.98. The molecule has 2 saturated carbocycles. The molecule has 6 rings (SSSR count). The fraction of sp³-hybridized carbons (Fsp3) is 0.562. The van der Waals surface area contributed by atoms with Crippen molar-refractivity contribution in [2.75, 3.05) is 26.7 Å². The molecule has 0 atom stereocenters. The Kier molecular flexibility index (Phi) is 7.89. The van der Waals surface area contributed by atoms with Crippen LogP contribution in [0.1, 0.15) is 81.0 Å². The van der Waals surface area contributed by atoms with Crippen LogP contribution < -0.4 is 10.1 Å². The Hall–Kier alpha value is -2.90. The minimum atomic E-state index is -0.217. The summed E-state index contributed by atoms with van der Waals surface area (Å²) in [6, 6.07) is 13.9. The van der Waals surface area contributed by atoms with Crippen LogP contribution in [0.25, 0.3) is 22.2 Å². The average molecular weight is 531 g/mol. The second-order valence-corrected chi connectivity index (χ2v) is 11.9. The first kappa shape index (κ1) is 26.3. The summed E-state index contributed by atoms with van der Waals surface area (Å²) in [7, 11) is 2.16. The van der Waals surface area contributed by atoms with E-state index in [2.05, 4.69) is 39.6 Å². The lowest BCUT2D eigenvalue weighted by molar-refractivity contribution is -0.108. The molecule has 1 amide bonds. The van der Waals surface area contributed by atoms with Gasteiger partial charge in [-0.15, -0.1) is 0 Å². The van der Waals surface area contributed by atoms with E-state index in [4.69, 9.17) is 9.47 Å². The number of fused-ring (bicyclic) bond motifs is 1. The van der Waals surface area contributed by atoms with Crippen molar-refractivity contribution in [1.82, 2.24) is 20.4 Å². The van der Waals surface area contributed by atoms with Gasteiger partial charge in [-0.05, 0) is 88.0 Å². The summed E-state index contributed by atoms with van der Waals surface area (Å²) >= 11 is 0. The van der Waals surface area contributed by atoms with E-state index in [1.807, 2.05) is 30.3 Å². The fourth-order valence-electron chi connectivity index (χ4n) is 6.60. The Morgan fingerprint density at radius 3 is 2.46 bits per heavy atom. The number of amides is 1. The largest absolute Gasteiger partial charge is 0.490 e. The van der Waals surface area contributed by atoms with Gasteiger partial charge >= 0.3 is 0 Å². The van der Waals surface area contributed by atoms with Crippen molar-refractivity contribution in [2.45, 2.75) is 88.4 Å². The molecular formula is C32H42N4O3. The summed E-state index contributed by atoms with van der Waals surface area (Å²) in [5.74, 6) is 0.843. The number of ether oxygens (including phenoxy) is 2. The lowest BCUT2D eigenvalue weighted by atomic mass is 9.84. The van der Waals surface area contributed by atoms with Gasteiger partial charge in [0.05, 0.1) is 22.9 Å². The Morgan fingerprint density at radius 1 is 0.974 bits per heavy atom. The Bertz CT molecular complexity index is 1250. The molecule has 7 nitrogen and oxygen atoms in total. The van der Waals surface area contributed by atoms with Crippen LogP contribution in [0.4, 0.5) is 0 Å². The lowest BCUT2D eigenvalue weighted by Crippen LogP contribution is -2.48. The van der Waals surface area contributed by atoms with Gasteiger partial charge < -0.3 is 19.7 Å². The monoisotopic (exact) mass is 530 g/mol.